The summed E-state index contributed by atoms with van der Waals surface area (Å²) in [7, 11) is 0. The van der Waals surface area contributed by atoms with Gasteiger partial charge in [-0.05, 0) is 36.0 Å². The number of hydrogen-bond acceptors (Lipinski definition) is 2. The molecule has 17 heavy (non-hydrogen) atoms. The molecule has 2 nitrogen and oxygen atoms in total. The molecule has 1 aliphatic carbocycles. The summed E-state index contributed by atoms with van der Waals surface area (Å²) in [6, 6.07) is 6.01. The lowest BCUT2D eigenvalue weighted by molar-refractivity contribution is 0.268. The Bertz CT molecular complexity index is 374. The van der Waals surface area contributed by atoms with E-state index in [1.165, 1.54) is 37.7 Å². The lowest BCUT2D eigenvalue weighted by Crippen LogP contribution is -2.15. The van der Waals surface area contributed by atoms with Crippen molar-refractivity contribution in [1.29, 1.82) is 0 Å². The van der Waals surface area contributed by atoms with Gasteiger partial charge in [-0.15, -0.1) is 0 Å². The summed E-state index contributed by atoms with van der Waals surface area (Å²) in [6.45, 7) is -0.00475. The van der Waals surface area contributed by atoms with E-state index in [2.05, 4.69) is 34.1 Å². The van der Waals surface area contributed by atoms with E-state index in [4.69, 9.17) is 10.8 Å². The number of aliphatic hydroxyl groups excluding tert-OH is 1. The van der Waals surface area contributed by atoms with E-state index in [0.717, 1.165) is 10.0 Å². The molecule has 0 spiro atoms. The molecule has 0 aromatic heterocycles. The minimum Gasteiger partial charge on any atom is -0.394 e. The summed E-state index contributed by atoms with van der Waals surface area (Å²) in [6.07, 6.45) is 6.65. The molecule has 0 aliphatic heterocycles. The smallest absolute Gasteiger partial charge is 0.0624 e. The van der Waals surface area contributed by atoms with Crippen molar-refractivity contribution >= 4 is 15.9 Å². The number of nitrogens with two attached hydrogens (primary N) is 1. The van der Waals surface area contributed by atoms with Gasteiger partial charge in [0.2, 0.25) is 0 Å². The van der Waals surface area contributed by atoms with Crippen molar-refractivity contribution in [1.82, 2.24) is 0 Å². The molecule has 2 rings (SSSR count). The lowest BCUT2D eigenvalue weighted by Gasteiger charge is -2.23. The first-order valence-electron chi connectivity index (χ1n) is 6.38. The van der Waals surface area contributed by atoms with E-state index < -0.39 is 0 Å². The zero-order valence-electron chi connectivity index (χ0n) is 10.0. The van der Waals surface area contributed by atoms with Crippen LogP contribution >= 0.6 is 15.9 Å². The first kappa shape index (κ1) is 13.1. The van der Waals surface area contributed by atoms with Gasteiger partial charge in [0.15, 0.2) is 0 Å². The maximum atomic E-state index is 9.06. The Hall–Kier alpha value is -0.380. The number of halogens is 1. The standard InChI is InChI=1S/C14H20BrNO/c15-13-8-11(14(16)9-17)6-7-12(13)10-4-2-1-3-5-10/h6-8,10,14,17H,1-5,9,16H2. The van der Waals surface area contributed by atoms with Crippen LogP contribution in [0.25, 0.3) is 0 Å². The van der Waals surface area contributed by atoms with Crippen LogP contribution in [0.5, 0.6) is 0 Å². The van der Waals surface area contributed by atoms with Crippen LogP contribution in [-0.4, -0.2) is 11.7 Å². The molecule has 3 N–H and O–H groups in total. The van der Waals surface area contributed by atoms with E-state index >= 15 is 0 Å². The van der Waals surface area contributed by atoms with Gasteiger partial charge in [0.25, 0.3) is 0 Å². The summed E-state index contributed by atoms with van der Waals surface area (Å²) < 4.78 is 1.14. The summed E-state index contributed by atoms with van der Waals surface area (Å²) in [5, 5.41) is 9.06. The normalized spacial score (nSPS) is 19.2. The fraction of sp³-hybridized carbons (Fsp3) is 0.571. The van der Waals surface area contributed by atoms with Crippen LogP contribution in [0.2, 0.25) is 0 Å². The molecule has 0 heterocycles. The fourth-order valence-electron chi connectivity index (χ4n) is 2.62. The third-order valence-electron chi connectivity index (χ3n) is 3.69. The summed E-state index contributed by atoms with van der Waals surface area (Å²) in [5.41, 5.74) is 8.22. The van der Waals surface area contributed by atoms with E-state index in [0.29, 0.717) is 5.92 Å². The van der Waals surface area contributed by atoms with Crippen molar-refractivity contribution in [3.05, 3.63) is 33.8 Å². The molecule has 1 atom stereocenters. The van der Waals surface area contributed by atoms with Crippen LogP contribution in [0.1, 0.15) is 55.2 Å². The van der Waals surface area contributed by atoms with Crippen molar-refractivity contribution in [2.45, 2.75) is 44.1 Å². The molecule has 1 aromatic carbocycles. The van der Waals surface area contributed by atoms with E-state index in [1.807, 2.05) is 0 Å². The van der Waals surface area contributed by atoms with Crippen molar-refractivity contribution in [3.63, 3.8) is 0 Å². The van der Waals surface area contributed by atoms with Gasteiger partial charge in [0.1, 0.15) is 0 Å². The molecule has 0 saturated heterocycles. The number of benzene rings is 1. The Morgan fingerprint density at radius 3 is 2.59 bits per heavy atom. The maximum Gasteiger partial charge on any atom is 0.0624 e. The summed E-state index contributed by atoms with van der Waals surface area (Å²) in [4.78, 5) is 0. The average Bonchev–Trinajstić information content (AvgIpc) is 2.38. The Morgan fingerprint density at radius 1 is 1.29 bits per heavy atom. The number of rotatable bonds is 3. The van der Waals surface area contributed by atoms with Gasteiger partial charge in [0.05, 0.1) is 12.6 Å². The molecule has 1 saturated carbocycles. The van der Waals surface area contributed by atoms with Crippen LogP contribution in [0, 0.1) is 0 Å². The Kier molecular flexibility index (Phi) is 4.60. The molecule has 0 radical (unpaired) electrons. The molecular formula is C14H20BrNO. The lowest BCUT2D eigenvalue weighted by atomic mass is 9.84. The first-order valence-corrected chi connectivity index (χ1v) is 7.17. The zero-order valence-corrected chi connectivity index (χ0v) is 11.6. The van der Waals surface area contributed by atoms with Crippen LogP contribution in [-0.2, 0) is 0 Å². The quantitative estimate of drug-likeness (QED) is 0.897. The first-order chi connectivity index (χ1) is 8.22. The molecule has 1 fully saturated rings. The van der Waals surface area contributed by atoms with Crippen molar-refractivity contribution in [2.24, 2.45) is 5.73 Å². The van der Waals surface area contributed by atoms with Gasteiger partial charge in [0, 0.05) is 4.47 Å². The second kappa shape index (κ2) is 5.98. The van der Waals surface area contributed by atoms with E-state index in [1.54, 1.807) is 0 Å². The van der Waals surface area contributed by atoms with Gasteiger partial charge in [-0.1, -0.05) is 47.3 Å². The van der Waals surface area contributed by atoms with Crippen LogP contribution < -0.4 is 5.73 Å². The predicted molar refractivity (Wildman–Crippen MR) is 74.0 cm³/mol. The maximum absolute atomic E-state index is 9.06. The highest BCUT2D eigenvalue weighted by Gasteiger charge is 2.18. The zero-order chi connectivity index (χ0) is 12.3. The fourth-order valence-corrected chi connectivity index (χ4v) is 3.34. The Labute approximate surface area is 111 Å². The van der Waals surface area contributed by atoms with E-state index in [9.17, 15) is 0 Å². The summed E-state index contributed by atoms with van der Waals surface area (Å²) in [5.74, 6) is 0.692. The Balaban J connectivity index is 2.18. The summed E-state index contributed by atoms with van der Waals surface area (Å²) >= 11 is 3.64. The van der Waals surface area contributed by atoms with Gasteiger partial charge < -0.3 is 10.8 Å². The Morgan fingerprint density at radius 2 is 2.00 bits per heavy atom. The van der Waals surface area contributed by atoms with Crippen molar-refractivity contribution < 1.29 is 5.11 Å². The minimum absolute atomic E-state index is 0.00475. The number of hydrogen-bond donors (Lipinski definition) is 2. The van der Waals surface area contributed by atoms with E-state index in [-0.39, 0.29) is 12.6 Å². The molecule has 1 aliphatic rings. The molecule has 1 unspecified atom stereocenters. The molecule has 1 aromatic rings. The third kappa shape index (κ3) is 3.09. The molecular weight excluding hydrogens is 278 g/mol. The SMILES string of the molecule is NC(CO)c1ccc(C2CCCCC2)c(Br)c1. The van der Waals surface area contributed by atoms with Gasteiger partial charge in [-0.25, -0.2) is 0 Å². The van der Waals surface area contributed by atoms with Gasteiger partial charge >= 0.3 is 0 Å². The predicted octanol–water partition coefficient (Wildman–Crippen LogP) is 3.49. The monoisotopic (exact) mass is 297 g/mol. The highest BCUT2D eigenvalue weighted by Crippen LogP contribution is 2.37. The topological polar surface area (TPSA) is 46.2 Å². The third-order valence-corrected chi connectivity index (χ3v) is 4.38. The largest absolute Gasteiger partial charge is 0.394 e. The van der Waals surface area contributed by atoms with Crippen LogP contribution in [0.4, 0.5) is 0 Å². The molecule has 3 heteroatoms. The van der Waals surface area contributed by atoms with Gasteiger partial charge in [-0.2, -0.15) is 0 Å². The number of aliphatic hydroxyl groups is 1. The molecule has 94 valence electrons. The minimum atomic E-state index is -0.272. The van der Waals surface area contributed by atoms with Crippen LogP contribution in [0.3, 0.4) is 0 Å². The second-order valence-corrected chi connectivity index (χ2v) is 5.76. The highest BCUT2D eigenvalue weighted by atomic mass is 79.9. The highest BCUT2D eigenvalue weighted by molar-refractivity contribution is 9.10. The average molecular weight is 298 g/mol. The van der Waals surface area contributed by atoms with Crippen molar-refractivity contribution in [3.8, 4) is 0 Å². The molecule has 0 amide bonds. The van der Waals surface area contributed by atoms with Crippen LogP contribution in [0.15, 0.2) is 22.7 Å². The second-order valence-electron chi connectivity index (χ2n) is 4.90. The molecule has 0 bridgehead atoms. The van der Waals surface area contributed by atoms with Gasteiger partial charge in [-0.3, -0.25) is 0 Å². The van der Waals surface area contributed by atoms with Crippen molar-refractivity contribution in [2.75, 3.05) is 6.61 Å².